The van der Waals surface area contributed by atoms with Crippen molar-refractivity contribution in [2.24, 2.45) is 0 Å². The number of halogens is 1. The molecule has 1 aliphatic rings. The Kier molecular flexibility index (Phi) is 6.26. The number of nitrogens with one attached hydrogen (secondary N) is 2. The van der Waals surface area contributed by atoms with Crippen molar-refractivity contribution in [2.75, 3.05) is 36.5 Å². The van der Waals surface area contributed by atoms with E-state index in [9.17, 15) is 14.0 Å². The monoisotopic (exact) mass is 385 g/mol. The van der Waals surface area contributed by atoms with E-state index in [2.05, 4.69) is 10.6 Å². The van der Waals surface area contributed by atoms with Crippen LogP contribution in [-0.4, -0.2) is 44.2 Å². The molecule has 1 aliphatic heterocycles. The van der Waals surface area contributed by atoms with E-state index in [0.717, 1.165) is 11.3 Å². The Hall–Kier alpha value is -2.93. The van der Waals surface area contributed by atoms with Crippen LogP contribution in [0.25, 0.3) is 0 Å². The average molecular weight is 385 g/mol. The molecule has 2 amide bonds. The molecule has 1 atom stereocenters. The molecule has 3 rings (SSSR count). The lowest BCUT2D eigenvalue weighted by molar-refractivity contribution is -0.117. The van der Waals surface area contributed by atoms with Crippen molar-refractivity contribution in [3.05, 3.63) is 59.4 Å². The zero-order chi connectivity index (χ0) is 20.1. The first-order valence-electron chi connectivity index (χ1n) is 9.25. The van der Waals surface area contributed by atoms with Crippen LogP contribution in [-0.2, 0) is 9.53 Å². The minimum atomic E-state index is -0.784. The van der Waals surface area contributed by atoms with Crippen LogP contribution >= 0.6 is 0 Å². The predicted molar refractivity (Wildman–Crippen MR) is 106 cm³/mol. The van der Waals surface area contributed by atoms with Crippen molar-refractivity contribution in [3.63, 3.8) is 0 Å². The Balaban J connectivity index is 1.71. The Bertz CT molecular complexity index is 866. The minimum absolute atomic E-state index is 0.326. The molecule has 2 N–H and O–H groups in total. The van der Waals surface area contributed by atoms with Crippen molar-refractivity contribution in [1.29, 1.82) is 0 Å². The number of benzene rings is 2. The summed E-state index contributed by atoms with van der Waals surface area (Å²) in [6.07, 6.45) is 0. The number of ether oxygens (including phenoxy) is 1. The molecule has 0 bridgehead atoms. The normalized spacial score (nSPS) is 15.0. The molecule has 0 aromatic heterocycles. The second kappa shape index (κ2) is 8.84. The lowest BCUT2D eigenvalue weighted by atomic mass is 10.1. The van der Waals surface area contributed by atoms with Crippen LogP contribution in [0.5, 0.6) is 0 Å². The topological polar surface area (TPSA) is 70.7 Å². The van der Waals surface area contributed by atoms with Crippen LogP contribution in [0.2, 0.25) is 0 Å². The summed E-state index contributed by atoms with van der Waals surface area (Å²) in [4.78, 5) is 27.1. The molecular formula is C21H24FN3O3. The highest BCUT2D eigenvalue weighted by Crippen LogP contribution is 2.27. The molecule has 7 heteroatoms. The zero-order valence-electron chi connectivity index (χ0n) is 16.0. The fourth-order valence-electron chi connectivity index (χ4n) is 3.10. The SMILES string of the molecule is Cc1ccccc1C(=O)NC(C)C(=O)Nc1cc(F)ccc1N1CCOCC1. The first kappa shape index (κ1) is 19.8. The van der Waals surface area contributed by atoms with Gasteiger partial charge in [-0.2, -0.15) is 0 Å². The number of aryl methyl sites for hydroxylation is 1. The summed E-state index contributed by atoms with van der Waals surface area (Å²) in [7, 11) is 0. The van der Waals surface area contributed by atoms with Gasteiger partial charge in [-0.1, -0.05) is 18.2 Å². The van der Waals surface area contributed by atoms with Crippen LogP contribution in [0.15, 0.2) is 42.5 Å². The highest BCUT2D eigenvalue weighted by Gasteiger charge is 2.21. The van der Waals surface area contributed by atoms with Crippen molar-refractivity contribution >= 4 is 23.2 Å². The molecule has 148 valence electrons. The summed E-state index contributed by atoms with van der Waals surface area (Å²) in [6.45, 7) is 5.91. The van der Waals surface area contributed by atoms with Gasteiger partial charge in [0.1, 0.15) is 11.9 Å². The third kappa shape index (κ3) is 4.67. The number of hydrogen-bond donors (Lipinski definition) is 2. The largest absolute Gasteiger partial charge is 0.378 e. The Labute approximate surface area is 163 Å². The maximum Gasteiger partial charge on any atom is 0.252 e. The average Bonchev–Trinajstić information content (AvgIpc) is 2.69. The van der Waals surface area contributed by atoms with Crippen LogP contribution in [0, 0.1) is 12.7 Å². The van der Waals surface area contributed by atoms with E-state index in [-0.39, 0.29) is 5.91 Å². The van der Waals surface area contributed by atoms with E-state index in [0.29, 0.717) is 37.6 Å². The van der Waals surface area contributed by atoms with Gasteiger partial charge < -0.3 is 20.3 Å². The number of nitrogens with zero attached hydrogens (tertiary/aromatic N) is 1. The van der Waals surface area contributed by atoms with Gasteiger partial charge in [-0.15, -0.1) is 0 Å². The van der Waals surface area contributed by atoms with Gasteiger partial charge in [0.25, 0.3) is 5.91 Å². The second-order valence-electron chi connectivity index (χ2n) is 6.76. The second-order valence-corrected chi connectivity index (χ2v) is 6.76. The maximum absolute atomic E-state index is 13.8. The summed E-state index contributed by atoms with van der Waals surface area (Å²) in [6, 6.07) is 10.7. The molecule has 1 saturated heterocycles. The van der Waals surface area contributed by atoms with E-state index >= 15 is 0 Å². The Morgan fingerprint density at radius 1 is 1.14 bits per heavy atom. The molecular weight excluding hydrogens is 361 g/mol. The highest BCUT2D eigenvalue weighted by molar-refractivity contribution is 6.02. The molecule has 1 heterocycles. The third-order valence-corrected chi connectivity index (χ3v) is 4.70. The first-order chi connectivity index (χ1) is 13.5. The fourth-order valence-corrected chi connectivity index (χ4v) is 3.10. The van der Waals surface area contributed by atoms with Crippen molar-refractivity contribution in [3.8, 4) is 0 Å². The molecule has 28 heavy (non-hydrogen) atoms. The third-order valence-electron chi connectivity index (χ3n) is 4.70. The Morgan fingerprint density at radius 3 is 2.57 bits per heavy atom. The molecule has 6 nitrogen and oxygen atoms in total. The molecule has 1 fully saturated rings. The van der Waals surface area contributed by atoms with Crippen LogP contribution in [0.4, 0.5) is 15.8 Å². The quantitative estimate of drug-likeness (QED) is 0.830. The molecule has 0 spiro atoms. The summed E-state index contributed by atoms with van der Waals surface area (Å²) >= 11 is 0. The van der Waals surface area contributed by atoms with E-state index in [4.69, 9.17) is 4.74 Å². The summed E-state index contributed by atoms with van der Waals surface area (Å²) in [5.74, 6) is -1.18. The van der Waals surface area contributed by atoms with Gasteiger partial charge in [0.15, 0.2) is 0 Å². The van der Waals surface area contributed by atoms with Gasteiger partial charge in [0.05, 0.1) is 24.6 Å². The standard InChI is InChI=1S/C21H24FN3O3/c1-14-5-3-4-6-17(14)21(27)23-15(2)20(26)24-18-13-16(22)7-8-19(18)25-9-11-28-12-10-25/h3-8,13,15H,9-12H2,1-2H3,(H,23,27)(H,24,26). The van der Waals surface area contributed by atoms with E-state index in [1.807, 2.05) is 24.0 Å². The molecule has 2 aromatic rings. The van der Waals surface area contributed by atoms with Gasteiger partial charge in [-0.3, -0.25) is 9.59 Å². The minimum Gasteiger partial charge on any atom is -0.378 e. The van der Waals surface area contributed by atoms with Gasteiger partial charge in [-0.25, -0.2) is 4.39 Å². The van der Waals surface area contributed by atoms with Crippen molar-refractivity contribution < 1.29 is 18.7 Å². The number of amides is 2. The number of carbonyl (C=O) groups is 2. The summed E-state index contributed by atoms with van der Waals surface area (Å²) in [5.41, 5.74) is 2.45. The van der Waals surface area contributed by atoms with E-state index in [1.54, 1.807) is 25.1 Å². The lowest BCUT2D eigenvalue weighted by Gasteiger charge is -2.30. The van der Waals surface area contributed by atoms with Gasteiger partial charge >= 0.3 is 0 Å². The van der Waals surface area contributed by atoms with Crippen molar-refractivity contribution in [2.45, 2.75) is 19.9 Å². The van der Waals surface area contributed by atoms with Gasteiger partial charge in [0.2, 0.25) is 5.91 Å². The number of morpholine rings is 1. The first-order valence-corrected chi connectivity index (χ1v) is 9.25. The lowest BCUT2D eigenvalue weighted by Crippen LogP contribution is -2.42. The van der Waals surface area contributed by atoms with Crippen LogP contribution < -0.4 is 15.5 Å². The van der Waals surface area contributed by atoms with Crippen molar-refractivity contribution in [1.82, 2.24) is 5.32 Å². The molecule has 2 aromatic carbocycles. The van der Waals surface area contributed by atoms with E-state index in [1.165, 1.54) is 12.1 Å². The Morgan fingerprint density at radius 2 is 1.86 bits per heavy atom. The number of rotatable bonds is 5. The zero-order valence-corrected chi connectivity index (χ0v) is 16.0. The molecule has 0 aliphatic carbocycles. The summed E-state index contributed by atoms with van der Waals surface area (Å²) < 4.78 is 19.1. The van der Waals surface area contributed by atoms with Gasteiger partial charge in [0, 0.05) is 18.7 Å². The maximum atomic E-state index is 13.8. The highest BCUT2D eigenvalue weighted by atomic mass is 19.1. The molecule has 1 unspecified atom stereocenters. The van der Waals surface area contributed by atoms with Crippen LogP contribution in [0.3, 0.4) is 0 Å². The number of hydrogen-bond acceptors (Lipinski definition) is 4. The molecule has 0 radical (unpaired) electrons. The smallest absolute Gasteiger partial charge is 0.252 e. The fraction of sp³-hybridized carbons (Fsp3) is 0.333. The number of carbonyl (C=O) groups excluding carboxylic acids is 2. The van der Waals surface area contributed by atoms with Gasteiger partial charge in [-0.05, 0) is 43.7 Å². The van der Waals surface area contributed by atoms with E-state index < -0.39 is 17.8 Å². The van der Waals surface area contributed by atoms with Crippen LogP contribution in [0.1, 0.15) is 22.8 Å². The predicted octanol–water partition coefficient (Wildman–Crippen LogP) is 2.73. The molecule has 0 saturated carbocycles. The summed E-state index contributed by atoms with van der Waals surface area (Å²) in [5, 5.41) is 5.44. The number of anilines is 2.